The van der Waals surface area contributed by atoms with E-state index in [0.29, 0.717) is 10.3 Å². The van der Waals surface area contributed by atoms with Gasteiger partial charge in [-0.1, -0.05) is 0 Å². The number of tetrazole rings is 1. The maximum atomic E-state index is 11.0. The third-order valence-corrected chi connectivity index (χ3v) is 5.90. The summed E-state index contributed by atoms with van der Waals surface area (Å²) in [7, 11) is 1.60. The summed E-state index contributed by atoms with van der Waals surface area (Å²) in [5.74, 6) is 0.772. The van der Waals surface area contributed by atoms with Crippen LogP contribution in [0.4, 0.5) is 11.4 Å². The Balaban J connectivity index is 1.76. The molecule has 3 aromatic rings. The van der Waals surface area contributed by atoms with Gasteiger partial charge in [-0.15, -0.1) is 0 Å². The fourth-order valence-corrected chi connectivity index (χ4v) is 4.15. The molecule has 0 saturated heterocycles. The van der Waals surface area contributed by atoms with Gasteiger partial charge >= 0.3 is 164 Å². The normalized spacial score (nSPS) is 10.6. The van der Waals surface area contributed by atoms with Gasteiger partial charge in [0.25, 0.3) is 0 Å². The molecule has 0 aliphatic heterocycles. The van der Waals surface area contributed by atoms with Gasteiger partial charge < -0.3 is 0 Å². The van der Waals surface area contributed by atoms with Crippen LogP contribution in [0.5, 0.6) is 5.75 Å². The number of rotatable bonds is 8. The van der Waals surface area contributed by atoms with E-state index in [-0.39, 0.29) is 32.9 Å². The van der Waals surface area contributed by atoms with Crippen LogP contribution in [0.2, 0.25) is 0 Å². The zero-order valence-electron chi connectivity index (χ0n) is 14.6. The number of hydrogen-bond donors (Lipinski definition) is 0. The number of hydrogen-bond acceptors (Lipinski definition) is 8. The first-order valence-electron chi connectivity index (χ1n) is 7.91. The molecule has 0 atom stereocenters. The van der Waals surface area contributed by atoms with E-state index in [1.54, 1.807) is 7.11 Å². The zero-order valence-corrected chi connectivity index (χ0v) is 16.3. The van der Waals surface area contributed by atoms with E-state index in [1.165, 1.54) is 16.8 Å². The van der Waals surface area contributed by atoms with Gasteiger partial charge in [0, 0.05) is 0 Å². The Morgan fingerprint density at radius 2 is 1.68 bits per heavy atom. The Labute approximate surface area is 164 Å². The fraction of sp³-hybridized carbons (Fsp3) is 0.188. The number of ether oxygens (including phenoxy) is 1. The molecule has 11 nitrogen and oxygen atoms in total. The van der Waals surface area contributed by atoms with Gasteiger partial charge in [-0.05, 0) is 0 Å². The summed E-state index contributed by atoms with van der Waals surface area (Å²) < 4.78 is 7.27. The molecule has 0 bridgehead atoms. The third kappa shape index (κ3) is 4.67. The van der Waals surface area contributed by atoms with Crippen molar-refractivity contribution in [3.63, 3.8) is 0 Å². The quantitative estimate of drug-likeness (QED) is 0.283. The summed E-state index contributed by atoms with van der Waals surface area (Å²) in [6, 6.07) is 11.2. The molecule has 28 heavy (non-hydrogen) atoms. The molecule has 1 aromatic heterocycles. The van der Waals surface area contributed by atoms with Gasteiger partial charge in [-0.2, -0.15) is 0 Å². The van der Waals surface area contributed by atoms with Gasteiger partial charge in [0.2, 0.25) is 0 Å². The monoisotopic (exact) mass is 450 g/mol. The van der Waals surface area contributed by atoms with Crippen molar-refractivity contribution in [1.82, 2.24) is 20.2 Å². The third-order valence-electron chi connectivity index (χ3n) is 3.74. The second-order valence-electron chi connectivity index (χ2n) is 5.63. The molecule has 0 aliphatic carbocycles. The Morgan fingerprint density at radius 3 is 2.25 bits per heavy atom. The average Bonchev–Trinajstić information content (AvgIpc) is 3.13. The maximum absolute atomic E-state index is 11.0. The number of non-ortho nitro benzene ring substituents is 2. The van der Waals surface area contributed by atoms with Crippen LogP contribution in [0, 0.1) is 20.2 Å². The minimum absolute atomic E-state index is 0.0925. The summed E-state index contributed by atoms with van der Waals surface area (Å²) in [4.78, 5) is 20.7. The Kier molecular flexibility index (Phi) is 5.92. The van der Waals surface area contributed by atoms with Crippen molar-refractivity contribution in [2.24, 2.45) is 0 Å². The van der Waals surface area contributed by atoms with Crippen molar-refractivity contribution in [2.75, 3.05) is 7.11 Å². The SMILES string of the molecule is COc1ccc(C[Se]c2nnnn2Cc2cc([N+](=O)[O-])cc([N+](=O)[O-])c2)cc1. The summed E-state index contributed by atoms with van der Waals surface area (Å²) in [6.45, 7) is 0.106. The van der Waals surface area contributed by atoms with Crippen molar-refractivity contribution in [1.29, 1.82) is 0 Å². The number of nitro benzene ring substituents is 2. The molecule has 0 amide bonds. The van der Waals surface area contributed by atoms with Crippen LogP contribution < -0.4 is 9.46 Å². The first-order chi connectivity index (χ1) is 13.5. The topological polar surface area (TPSA) is 139 Å². The van der Waals surface area contributed by atoms with Crippen molar-refractivity contribution in [3.8, 4) is 5.75 Å². The Hall–Kier alpha value is -3.37. The molecule has 0 N–H and O–H groups in total. The van der Waals surface area contributed by atoms with Crippen LogP contribution in [0.3, 0.4) is 0 Å². The van der Waals surface area contributed by atoms with Crippen LogP contribution in [-0.2, 0) is 11.9 Å². The zero-order chi connectivity index (χ0) is 20.1. The van der Waals surface area contributed by atoms with E-state index in [1.807, 2.05) is 24.3 Å². The summed E-state index contributed by atoms with van der Waals surface area (Å²) in [5.41, 5.74) is 0.793. The van der Waals surface area contributed by atoms with Crippen molar-refractivity contribution >= 4 is 31.1 Å². The number of nitrogens with zero attached hydrogens (tertiary/aromatic N) is 6. The van der Waals surface area contributed by atoms with Crippen LogP contribution in [-0.4, -0.2) is 52.1 Å². The Morgan fingerprint density at radius 1 is 1.04 bits per heavy atom. The van der Waals surface area contributed by atoms with Gasteiger partial charge in [0.1, 0.15) is 0 Å². The van der Waals surface area contributed by atoms with Crippen LogP contribution in [0.25, 0.3) is 0 Å². The molecule has 144 valence electrons. The average molecular weight is 449 g/mol. The number of aromatic nitrogens is 4. The molecule has 0 radical (unpaired) electrons. The van der Waals surface area contributed by atoms with Gasteiger partial charge in [-0.3, -0.25) is 0 Å². The van der Waals surface area contributed by atoms with E-state index < -0.39 is 9.85 Å². The van der Waals surface area contributed by atoms with Gasteiger partial charge in [0.05, 0.1) is 0 Å². The second-order valence-corrected chi connectivity index (χ2v) is 7.61. The number of nitro groups is 2. The predicted molar refractivity (Wildman–Crippen MR) is 98.8 cm³/mol. The number of methoxy groups -OCH3 is 1. The van der Waals surface area contributed by atoms with E-state index in [4.69, 9.17) is 4.74 Å². The molecule has 0 spiro atoms. The van der Waals surface area contributed by atoms with E-state index in [2.05, 4.69) is 15.5 Å². The summed E-state index contributed by atoms with van der Waals surface area (Å²) in [6.07, 6.45) is 0. The van der Waals surface area contributed by atoms with E-state index in [0.717, 1.165) is 22.7 Å². The number of benzene rings is 2. The van der Waals surface area contributed by atoms with Crippen LogP contribution >= 0.6 is 0 Å². The molecule has 0 unspecified atom stereocenters. The molecule has 0 saturated carbocycles. The Bertz CT molecular complexity index is 975. The molecule has 0 fully saturated rings. The van der Waals surface area contributed by atoms with E-state index >= 15 is 0 Å². The van der Waals surface area contributed by atoms with Crippen LogP contribution in [0.15, 0.2) is 42.5 Å². The minimum atomic E-state index is -0.662. The molecule has 3 rings (SSSR count). The van der Waals surface area contributed by atoms with Gasteiger partial charge in [-0.25, -0.2) is 0 Å². The first-order valence-corrected chi connectivity index (χ1v) is 9.97. The molecular weight excluding hydrogens is 435 g/mol. The van der Waals surface area contributed by atoms with Crippen molar-refractivity contribution < 1.29 is 14.6 Å². The summed E-state index contributed by atoms with van der Waals surface area (Å²) >= 11 is -0.0925. The predicted octanol–water partition coefficient (Wildman–Crippen LogP) is 1.08. The fourth-order valence-electron chi connectivity index (χ4n) is 2.40. The molecule has 2 aromatic carbocycles. The van der Waals surface area contributed by atoms with Crippen molar-refractivity contribution in [2.45, 2.75) is 11.9 Å². The summed E-state index contributed by atoms with van der Waals surface area (Å²) in [5, 5.41) is 34.4. The first kappa shape index (κ1) is 19.4. The van der Waals surface area contributed by atoms with Crippen molar-refractivity contribution in [3.05, 3.63) is 73.8 Å². The molecule has 12 heteroatoms. The van der Waals surface area contributed by atoms with Crippen LogP contribution in [0.1, 0.15) is 11.1 Å². The standard InChI is InChI=1S/C16H14N6O5Se/c1-27-15-4-2-11(3-5-15)10-28-16-17-18-19-20(16)9-12-6-13(21(23)24)8-14(7-12)22(25)26/h2-8H,9-10H2,1H3. The molecular formula is C16H14N6O5Se. The second kappa shape index (κ2) is 8.55. The van der Waals surface area contributed by atoms with E-state index in [9.17, 15) is 20.2 Å². The molecule has 0 aliphatic rings. The molecule has 1 heterocycles. The van der Waals surface area contributed by atoms with Gasteiger partial charge in [0.15, 0.2) is 0 Å².